The zero-order valence-electron chi connectivity index (χ0n) is 2.84. The van der Waals surface area contributed by atoms with Gasteiger partial charge in [0.05, 0.1) is 0 Å². The van der Waals surface area contributed by atoms with Crippen molar-refractivity contribution >= 4 is 29.2 Å². The van der Waals surface area contributed by atoms with Crippen molar-refractivity contribution in [3.05, 3.63) is 0 Å². The summed E-state index contributed by atoms with van der Waals surface area (Å²) in [6.45, 7) is 0. The summed E-state index contributed by atoms with van der Waals surface area (Å²) >= 11 is 0. The van der Waals surface area contributed by atoms with E-state index in [0.717, 1.165) is 0 Å². The van der Waals surface area contributed by atoms with Gasteiger partial charge in [-0.1, -0.05) is 0 Å². The molecule has 0 aromatic carbocycles. The van der Waals surface area contributed by atoms with E-state index in [4.69, 9.17) is 15.0 Å². The maximum Gasteiger partial charge on any atom is 3.00 e. The Morgan fingerprint density at radius 3 is 1.33 bits per heavy atom. The number of carbonyl (C=O) groups is 1. The summed E-state index contributed by atoms with van der Waals surface area (Å²) in [6, 6.07) is 0. The standard InChI is InChI=1S/CH2O3.Cr.Mg/c2-1(3)4;;/h(H2,2,3,4);;/q;+3;+2/p-2. The topological polar surface area (TPSA) is 63.2 Å². The van der Waals surface area contributed by atoms with Crippen LogP contribution in [0, 0.1) is 0 Å². The summed E-state index contributed by atoms with van der Waals surface area (Å²) in [5, 5.41) is 16.7. The minimum absolute atomic E-state index is 0. The Balaban J connectivity index is -0.0000000450. The smallest absolute Gasteiger partial charge is 0.652 e. The van der Waals surface area contributed by atoms with Gasteiger partial charge in [-0.15, -0.1) is 0 Å². The molecule has 3 nitrogen and oxygen atoms in total. The molecule has 0 N–H and O–H groups in total. The van der Waals surface area contributed by atoms with Crippen LogP contribution in [0.3, 0.4) is 0 Å². The Kier molecular flexibility index (Phi) is 24.3. The van der Waals surface area contributed by atoms with E-state index in [0.29, 0.717) is 0 Å². The zero-order chi connectivity index (χ0) is 3.58. The van der Waals surface area contributed by atoms with Crippen LogP contribution >= 0.6 is 0 Å². The molecule has 0 aliphatic carbocycles. The van der Waals surface area contributed by atoms with Crippen LogP contribution in [0.4, 0.5) is 4.79 Å². The SMILES string of the molecule is O=C([O-])[O-].[Cr+3].[Mg+2]. The second-order valence-corrected chi connectivity index (χ2v) is 0.250. The molecule has 5 heteroatoms. The molecule has 0 aliphatic rings. The van der Waals surface area contributed by atoms with Gasteiger partial charge in [0.2, 0.25) is 0 Å². The number of hydrogen-bond donors (Lipinski definition) is 0. The molecule has 0 saturated carbocycles. The van der Waals surface area contributed by atoms with Crippen molar-refractivity contribution in [1.29, 1.82) is 0 Å². The molecule has 27 valence electrons. The third kappa shape index (κ3) is 180. The second kappa shape index (κ2) is 9.13. The summed E-state index contributed by atoms with van der Waals surface area (Å²) in [7, 11) is 0. The maximum absolute atomic E-state index is 8.33. The van der Waals surface area contributed by atoms with Crippen LogP contribution in [0.1, 0.15) is 0 Å². The molecule has 0 heterocycles. The van der Waals surface area contributed by atoms with Crippen molar-refractivity contribution in [1.82, 2.24) is 0 Å². The van der Waals surface area contributed by atoms with Crippen LogP contribution in [0.15, 0.2) is 0 Å². The van der Waals surface area contributed by atoms with Crippen molar-refractivity contribution in [2.75, 3.05) is 0 Å². The van der Waals surface area contributed by atoms with Crippen molar-refractivity contribution in [3.63, 3.8) is 0 Å². The van der Waals surface area contributed by atoms with Crippen LogP contribution < -0.4 is 10.2 Å². The summed E-state index contributed by atoms with van der Waals surface area (Å²) in [5.41, 5.74) is 0. The van der Waals surface area contributed by atoms with Crippen molar-refractivity contribution in [3.8, 4) is 0 Å². The summed E-state index contributed by atoms with van der Waals surface area (Å²) < 4.78 is 0. The molecule has 0 aliphatic heterocycles. The van der Waals surface area contributed by atoms with Crippen LogP contribution in [-0.2, 0) is 17.4 Å². The quantitative estimate of drug-likeness (QED) is 0.337. The molecule has 0 aromatic rings. The molecule has 0 spiro atoms. The Labute approximate surface area is 61.6 Å². The van der Waals surface area contributed by atoms with E-state index < -0.39 is 6.16 Å². The van der Waals surface area contributed by atoms with Gasteiger partial charge in [0.25, 0.3) is 0 Å². The van der Waals surface area contributed by atoms with E-state index in [-0.39, 0.29) is 40.4 Å². The van der Waals surface area contributed by atoms with Crippen LogP contribution in [0.25, 0.3) is 0 Å². The Hall–Kier alpha value is 0.569. The van der Waals surface area contributed by atoms with Crippen LogP contribution in [0.5, 0.6) is 0 Å². The molecular formula is CCrMgO3+3. The fourth-order valence-corrected chi connectivity index (χ4v) is 0. The number of hydrogen-bond acceptors (Lipinski definition) is 3. The van der Waals surface area contributed by atoms with Crippen LogP contribution in [0.2, 0.25) is 0 Å². The zero-order valence-corrected chi connectivity index (χ0v) is 5.53. The normalized spacial score (nSPS) is 4.00. The first-order valence-electron chi connectivity index (χ1n) is 0.612. The molecule has 0 atom stereocenters. The van der Waals surface area contributed by atoms with Crippen molar-refractivity contribution < 1.29 is 32.4 Å². The van der Waals surface area contributed by atoms with Crippen LogP contribution in [-0.4, -0.2) is 29.2 Å². The fraction of sp³-hybridized carbons (Fsp3) is 0. The van der Waals surface area contributed by atoms with E-state index in [1.165, 1.54) is 0 Å². The molecule has 0 unspecified atom stereocenters. The van der Waals surface area contributed by atoms with Gasteiger partial charge in [0.15, 0.2) is 0 Å². The average molecular weight is 136 g/mol. The van der Waals surface area contributed by atoms with Gasteiger partial charge in [-0.05, 0) is 6.16 Å². The van der Waals surface area contributed by atoms with Gasteiger partial charge in [-0.2, -0.15) is 0 Å². The maximum atomic E-state index is 8.33. The molecule has 0 aromatic heterocycles. The number of carbonyl (C=O) groups excluding carboxylic acids is 1. The Bertz CT molecular complexity index is 33.8. The van der Waals surface area contributed by atoms with Gasteiger partial charge in [0, 0.05) is 0 Å². The van der Waals surface area contributed by atoms with Gasteiger partial charge in [-0.3, -0.25) is 0 Å². The van der Waals surface area contributed by atoms with E-state index in [1.54, 1.807) is 0 Å². The Morgan fingerprint density at radius 1 is 1.33 bits per heavy atom. The second-order valence-electron chi connectivity index (χ2n) is 0.250. The monoisotopic (exact) mass is 136 g/mol. The van der Waals surface area contributed by atoms with Gasteiger partial charge >= 0.3 is 40.4 Å². The largest absolute Gasteiger partial charge is 3.00 e. The number of rotatable bonds is 0. The summed E-state index contributed by atoms with van der Waals surface area (Å²) in [5.74, 6) is 0. The first-order valence-corrected chi connectivity index (χ1v) is 0.612. The molecule has 6 heavy (non-hydrogen) atoms. The number of carboxylic acid groups (broad SMARTS) is 2. The minimum atomic E-state index is -2.33. The van der Waals surface area contributed by atoms with Gasteiger partial charge < -0.3 is 15.0 Å². The molecule has 0 bridgehead atoms. The predicted octanol–water partition coefficient (Wildman–Crippen LogP) is -2.83. The molecule has 0 fully saturated rings. The molecule has 0 amide bonds. The third-order valence-corrected chi connectivity index (χ3v) is 0. The molecule has 0 saturated heterocycles. The van der Waals surface area contributed by atoms with E-state index >= 15 is 0 Å². The predicted molar refractivity (Wildman–Crippen MR) is 11.1 cm³/mol. The van der Waals surface area contributed by atoms with Gasteiger partial charge in [-0.25, -0.2) is 0 Å². The average Bonchev–Trinajstić information content (AvgIpc) is 0.811. The first-order chi connectivity index (χ1) is 1.73. The third-order valence-electron chi connectivity index (χ3n) is 0. The molecular weight excluding hydrogens is 136 g/mol. The minimum Gasteiger partial charge on any atom is -0.652 e. The van der Waals surface area contributed by atoms with Gasteiger partial charge in [0.1, 0.15) is 0 Å². The van der Waals surface area contributed by atoms with Crippen molar-refractivity contribution in [2.24, 2.45) is 0 Å². The molecule has 0 rings (SSSR count). The van der Waals surface area contributed by atoms with E-state index in [9.17, 15) is 0 Å². The molecule has 1 radical (unpaired) electrons. The Morgan fingerprint density at radius 2 is 1.33 bits per heavy atom. The fourth-order valence-electron chi connectivity index (χ4n) is 0. The first kappa shape index (κ1) is 16.0. The van der Waals surface area contributed by atoms with E-state index in [1.807, 2.05) is 0 Å². The summed E-state index contributed by atoms with van der Waals surface area (Å²) in [4.78, 5) is 8.33. The van der Waals surface area contributed by atoms with E-state index in [2.05, 4.69) is 0 Å². The summed E-state index contributed by atoms with van der Waals surface area (Å²) in [6.07, 6.45) is -2.33. The van der Waals surface area contributed by atoms with Crippen molar-refractivity contribution in [2.45, 2.75) is 0 Å².